The molecule has 0 aromatic heterocycles. The van der Waals surface area contributed by atoms with Gasteiger partial charge in [-0.05, 0) is 26.2 Å². The maximum absolute atomic E-state index is 5.75. The van der Waals surface area contributed by atoms with Gasteiger partial charge in [0.2, 0.25) is 0 Å². The summed E-state index contributed by atoms with van der Waals surface area (Å²) in [6.45, 7) is 1.87. The van der Waals surface area contributed by atoms with Crippen molar-refractivity contribution in [3.05, 3.63) is 11.6 Å². The van der Waals surface area contributed by atoms with Crippen LogP contribution in [0.5, 0.6) is 0 Å². The van der Waals surface area contributed by atoms with Crippen LogP contribution < -0.4 is 5.73 Å². The zero-order valence-electron chi connectivity index (χ0n) is 7.06. The van der Waals surface area contributed by atoms with Crippen molar-refractivity contribution in [1.29, 1.82) is 0 Å². The Hall–Kier alpha value is -0.740. The molecule has 1 saturated carbocycles. The van der Waals surface area contributed by atoms with Gasteiger partial charge in [-0.1, -0.05) is 17.6 Å². The summed E-state index contributed by atoms with van der Waals surface area (Å²) in [5, 5.41) is 0. The minimum Gasteiger partial charge on any atom is -0.327 e. The van der Waals surface area contributed by atoms with Crippen LogP contribution in [-0.4, -0.2) is 6.04 Å². The third-order valence-electron chi connectivity index (χ3n) is 2.03. The minimum atomic E-state index is 0.413. The van der Waals surface area contributed by atoms with Gasteiger partial charge in [0.25, 0.3) is 0 Å². The Morgan fingerprint density at radius 2 is 2.55 bits per heavy atom. The lowest BCUT2D eigenvalue weighted by molar-refractivity contribution is 0.711. The summed E-state index contributed by atoms with van der Waals surface area (Å²) in [5.74, 6) is 5.90. The molecule has 0 radical (unpaired) electrons. The van der Waals surface area contributed by atoms with Crippen molar-refractivity contribution in [3.8, 4) is 11.8 Å². The van der Waals surface area contributed by atoms with Gasteiger partial charge in [-0.25, -0.2) is 0 Å². The second-order valence-corrected chi connectivity index (χ2v) is 3.00. The van der Waals surface area contributed by atoms with E-state index in [-0.39, 0.29) is 0 Å². The molecular formula is C10H15N. The second kappa shape index (κ2) is 4.20. The Bertz CT molecular complexity index is 205. The third-order valence-corrected chi connectivity index (χ3v) is 2.03. The monoisotopic (exact) mass is 149 g/mol. The van der Waals surface area contributed by atoms with Crippen molar-refractivity contribution >= 4 is 0 Å². The van der Waals surface area contributed by atoms with Gasteiger partial charge < -0.3 is 5.73 Å². The van der Waals surface area contributed by atoms with Crippen LogP contribution in [0.3, 0.4) is 0 Å². The van der Waals surface area contributed by atoms with Crippen LogP contribution in [0, 0.1) is 11.8 Å². The van der Waals surface area contributed by atoms with Crippen molar-refractivity contribution in [3.63, 3.8) is 0 Å². The van der Waals surface area contributed by atoms with E-state index in [9.17, 15) is 0 Å². The van der Waals surface area contributed by atoms with Gasteiger partial charge in [0.05, 0.1) is 0 Å². The zero-order valence-corrected chi connectivity index (χ0v) is 7.06. The predicted molar refractivity (Wildman–Crippen MR) is 48.0 cm³/mol. The van der Waals surface area contributed by atoms with Crippen LogP contribution in [0.15, 0.2) is 11.6 Å². The molecule has 0 heterocycles. The Kier molecular flexibility index (Phi) is 3.19. The maximum atomic E-state index is 5.75. The molecule has 0 amide bonds. The second-order valence-electron chi connectivity index (χ2n) is 3.00. The first-order valence-electron chi connectivity index (χ1n) is 4.16. The van der Waals surface area contributed by atoms with Crippen molar-refractivity contribution in [2.45, 2.75) is 38.6 Å². The van der Waals surface area contributed by atoms with Gasteiger partial charge in [-0.15, -0.1) is 5.92 Å². The number of hydrogen-bond donors (Lipinski definition) is 1. The topological polar surface area (TPSA) is 26.0 Å². The molecule has 1 nitrogen and oxygen atoms in total. The molecule has 60 valence electrons. The van der Waals surface area contributed by atoms with Crippen LogP contribution in [0.1, 0.15) is 32.6 Å². The predicted octanol–water partition coefficient (Wildman–Crippen LogP) is 1.84. The van der Waals surface area contributed by atoms with Crippen molar-refractivity contribution < 1.29 is 0 Å². The van der Waals surface area contributed by atoms with Crippen LogP contribution in [0.25, 0.3) is 0 Å². The van der Waals surface area contributed by atoms with E-state index >= 15 is 0 Å². The molecule has 1 heteroatoms. The highest BCUT2D eigenvalue weighted by atomic mass is 14.6. The first kappa shape index (κ1) is 8.36. The van der Waals surface area contributed by atoms with E-state index in [2.05, 4.69) is 17.9 Å². The molecule has 0 spiro atoms. The number of rotatable bonds is 1. The maximum Gasteiger partial charge on any atom is 0.0272 e. The normalized spacial score (nSPS) is 26.7. The lowest BCUT2D eigenvalue weighted by Gasteiger charge is -1.95. The summed E-state index contributed by atoms with van der Waals surface area (Å²) >= 11 is 0. The first-order valence-corrected chi connectivity index (χ1v) is 4.16. The number of hydrogen-bond acceptors (Lipinski definition) is 1. The van der Waals surface area contributed by atoms with E-state index in [1.165, 1.54) is 12.0 Å². The van der Waals surface area contributed by atoms with Gasteiger partial charge in [0, 0.05) is 12.5 Å². The molecule has 2 N–H and O–H groups in total. The van der Waals surface area contributed by atoms with Crippen LogP contribution in [0.2, 0.25) is 0 Å². The first-order chi connectivity index (χ1) is 5.33. The average Bonchev–Trinajstić information content (AvgIpc) is 2.37. The zero-order chi connectivity index (χ0) is 8.10. The minimum absolute atomic E-state index is 0.413. The average molecular weight is 149 g/mol. The molecule has 0 saturated heterocycles. The van der Waals surface area contributed by atoms with Crippen molar-refractivity contribution in [2.24, 2.45) is 5.73 Å². The summed E-state index contributed by atoms with van der Waals surface area (Å²) in [6.07, 6.45) is 6.56. The molecule has 1 aliphatic rings. The fourth-order valence-electron chi connectivity index (χ4n) is 1.39. The molecule has 1 fully saturated rings. The Balaban J connectivity index is 2.34. The molecule has 0 aromatic rings. The van der Waals surface area contributed by atoms with Crippen LogP contribution in [-0.2, 0) is 0 Å². The summed E-state index contributed by atoms with van der Waals surface area (Å²) in [5.41, 5.74) is 7.25. The third kappa shape index (κ3) is 2.78. The van der Waals surface area contributed by atoms with Gasteiger partial charge in [-0.2, -0.15) is 0 Å². The van der Waals surface area contributed by atoms with Gasteiger partial charge in [0.1, 0.15) is 0 Å². The van der Waals surface area contributed by atoms with E-state index in [0.717, 1.165) is 19.3 Å². The van der Waals surface area contributed by atoms with E-state index in [1.807, 2.05) is 6.92 Å². The summed E-state index contributed by atoms with van der Waals surface area (Å²) in [4.78, 5) is 0. The summed E-state index contributed by atoms with van der Waals surface area (Å²) in [7, 11) is 0. The molecule has 1 aliphatic carbocycles. The fourth-order valence-corrected chi connectivity index (χ4v) is 1.39. The van der Waals surface area contributed by atoms with E-state index in [1.54, 1.807) is 0 Å². The highest BCUT2D eigenvalue weighted by Crippen LogP contribution is 2.23. The molecule has 1 unspecified atom stereocenters. The molecular weight excluding hydrogens is 134 g/mol. The van der Waals surface area contributed by atoms with Crippen LogP contribution in [0.4, 0.5) is 0 Å². The molecule has 1 atom stereocenters. The number of allylic oxidation sites excluding steroid dienone is 1. The summed E-state index contributed by atoms with van der Waals surface area (Å²) < 4.78 is 0. The molecule has 11 heavy (non-hydrogen) atoms. The lowest BCUT2D eigenvalue weighted by Crippen LogP contribution is -2.13. The Morgan fingerprint density at radius 1 is 1.73 bits per heavy atom. The fraction of sp³-hybridized carbons (Fsp3) is 0.600. The Morgan fingerprint density at radius 3 is 3.09 bits per heavy atom. The van der Waals surface area contributed by atoms with Gasteiger partial charge in [0.15, 0.2) is 0 Å². The van der Waals surface area contributed by atoms with Gasteiger partial charge >= 0.3 is 0 Å². The smallest absolute Gasteiger partial charge is 0.0272 e. The quantitative estimate of drug-likeness (QED) is 0.447. The largest absolute Gasteiger partial charge is 0.327 e. The van der Waals surface area contributed by atoms with E-state index in [0.29, 0.717) is 6.04 Å². The van der Waals surface area contributed by atoms with E-state index in [4.69, 9.17) is 5.73 Å². The molecule has 0 bridgehead atoms. The van der Waals surface area contributed by atoms with E-state index < -0.39 is 0 Å². The standard InChI is InChI=1S/C10H15N/c1-2-3-4-5-9-6-7-10(11)8-9/h5,10H,4,6-8,11H2,1H3/b9-5-. The van der Waals surface area contributed by atoms with Crippen molar-refractivity contribution in [2.75, 3.05) is 0 Å². The highest BCUT2D eigenvalue weighted by molar-refractivity contribution is 5.13. The number of nitrogens with two attached hydrogens (primary N) is 1. The molecule has 1 rings (SSSR count). The molecule has 0 aliphatic heterocycles. The highest BCUT2D eigenvalue weighted by Gasteiger charge is 2.13. The van der Waals surface area contributed by atoms with Crippen molar-refractivity contribution in [1.82, 2.24) is 0 Å². The SMILES string of the molecule is CC#CC/C=C1/CCC(N)C1. The molecule has 0 aromatic carbocycles. The van der Waals surface area contributed by atoms with Crippen LogP contribution >= 0.6 is 0 Å². The lowest BCUT2D eigenvalue weighted by atomic mass is 10.2. The Labute approximate surface area is 68.7 Å². The summed E-state index contributed by atoms with van der Waals surface area (Å²) in [6, 6.07) is 0.413. The van der Waals surface area contributed by atoms with Gasteiger partial charge in [-0.3, -0.25) is 0 Å².